The summed E-state index contributed by atoms with van der Waals surface area (Å²) in [7, 11) is 0. The van der Waals surface area contributed by atoms with Gasteiger partial charge >= 0.3 is 0 Å². The Balaban J connectivity index is 1.92. The van der Waals surface area contributed by atoms with E-state index in [1.165, 1.54) is 15.6 Å². The highest BCUT2D eigenvalue weighted by Gasteiger charge is 2.16. The van der Waals surface area contributed by atoms with Crippen LogP contribution >= 0.6 is 11.3 Å². The van der Waals surface area contributed by atoms with Gasteiger partial charge in [-0.25, -0.2) is 4.98 Å². The van der Waals surface area contributed by atoms with E-state index >= 15 is 0 Å². The molecule has 1 aliphatic rings. The lowest BCUT2D eigenvalue weighted by molar-refractivity contribution is 0.190. The first-order valence-corrected chi connectivity index (χ1v) is 6.75. The van der Waals surface area contributed by atoms with Crippen LogP contribution in [-0.2, 0) is 11.3 Å². The zero-order valence-corrected chi connectivity index (χ0v) is 11.1. The quantitative estimate of drug-likeness (QED) is 0.878. The van der Waals surface area contributed by atoms with E-state index in [-0.39, 0.29) is 0 Å². The van der Waals surface area contributed by atoms with Gasteiger partial charge < -0.3 is 10.1 Å². The smallest absolute Gasteiger partial charge is 0.0956 e. The van der Waals surface area contributed by atoms with Crippen molar-refractivity contribution in [3.63, 3.8) is 0 Å². The molecule has 0 spiro atoms. The molecule has 0 saturated carbocycles. The number of hydrogen-bond acceptors (Lipinski definition) is 4. The first kappa shape index (κ1) is 12.0. The Kier molecular flexibility index (Phi) is 3.95. The third-order valence-corrected chi connectivity index (χ3v) is 4.34. The normalized spacial score (nSPS) is 20.9. The van der Waals surface area contributed by atoms with Gasteiger partial charge in [-0.15, -0.1) is 11.3 Å². The number of rotatable bonds is 4. The lowest BCUT2D eigenvalue weighted by Crippen LogP contribution is -2.28. The second-order valence-electron chi connectivity index (χ2n) is 4.66. The minimum absolute atomic E-state index is 0.531. The maximum absolute atomic E-state index is 5.34. The molecule has 2 rings (SSSR count). The van der Waals surface area contributed by atoms with E-state index in [4.69, 9.17) is 4.74 Å². The number of nitrogens with zero attached hydrogens (tertiary/aromatic N) is 1. The number of nitrogens with one attached hydrogen (secondary N) is 1. The average Bonchev–Trinajstić information content (AvgIpc) is 2.84. The van der Waals surface area contributed by atoms with Gasteiger partial charge in [-0.3, -0.25) is 0 Å². The van der Waals surface area contributed by atoms with E-state index < -0.39 is 0 Å². The Hall–Kier alpha value is -0.450. The van der Waals surface area contributed by atoms with Crippen LogP contribution in [0.1, 0.15) is 41.8 Å². The molecule has 1 N–H and O–H groups in total. The van der Waals surface area contributed by atoms with Crippen molar-refractivity contribution in [1.29, 1.82) is 0 Å². The van der Waals surface area contributed by atoms with Crippen LogP contribution in [0.2, 0.25) is 0 Å². The van der Waals surface area contributed by atoms with Gasteiger partial charge in [-0.1, -0.05) is 13.8 Å². The second kappa shape index (κ2) is 5.25. The molecule has 1 atom stereocenters. The Morgan fingerprint density at radius 2 is 2.38 bits per heavy atom. The van der Waals surface area contributed by atoms with E-state index in [2.05, 4.69) is 31.1 Å². The van der Waals surface area contributed by atoms with Crippen molar-refractivity contribution < 1.29 is 4.74 Å². The zero-order valence-electron chi connectivity index (χ0n) is 10.2. The first-order chi connectivity index (χ1) is 7.66. The molecular formula is C12H20N2OS. The first-order valence-electron chi connectivity index (χ1n) is 5.94. The predicted octanol–water partition coefficient (Wildman–Crippen LogP) is 2.45. The molecule has 2 heterocycles. The Bertz CT molecular complexity index is 343. The van der Waals surface area contributed by atoms with Gasteiger partial charge in [-0.05, 0) is 13.3 Å². The van der Waals surface area contributed by atoms with Crippen LogP contribution in [0.5, 0.6) is 0 Å². The molecule has 1 fully saturated rings. The summed E-state index contributed by atoms with van der Waals surface area (Å²) in [6, 6.07) is 0.531. The summed E-state index contributed by atoms with van der Waals surface area (Å²) in [4.78, 5) is 5.97. The standard InChI is InChI=1S/C12H20N2OS/c1-8(2)12-14-9(3)11(16-12)6-13-10-4-5-15-7-10/h8,10,13H,4-7H2,1-3H3/t10-/m0/s1. The molecule has 0 radical (unpaired) electrons. The van der Waals surface area contributed by atoms with Gasteiger partial charge in [-0.2, -0.15) is 0 Å². The van der Waals surface area contributed by atoms with E-state index in [1.54, 1.807) is 0 Å². The van der Waals surface area contributed by atoms with Crippen molar-refractivity contribution in [3.8, 4) is 0 Å². The fourth-order valence-corrected chi connectivity index (χ4v) is 2.81. The summed E-state index contributed by atoms with van der Waals surface area (Å²) >= 11 is 1.84. The topological polar surface area (TPSA) is 34.2 Å². The van der Waals surface area contributed by atoms with E-state index in [9.17, 15) is 0 Å². The number of aryl methyl sites for hydroxylation is 1. The molecule has 1 aromatic heterocycles. The van der Waals surface area contributed by atoms with Crippen LogP contribution in [0, 0.1) is 6.92 Å². The van der Waals surface area contributed by atoms with Crippen LogP contribution < -0.4 is 5.32 Å². The van der Waals surface area contributed by atoms with E-state index in [1.807, 2.05) is 11.3 Å². The summed E-state index contributed by atoms with van der Waals surface area (Å²) in [5.41, 5.74) is 1.18. The summed E-state index contributed by atoms with van der Waals surface area (Å²) in [6.45, 7) is 9.18. The average molecular weight is 240 g/mol. The highest BCUT2D eigenvalue weighted by molar-refractivity contribution is 7.11. The maximum Gasteiger partial charge on any atom is 0.0956 e. The van der Waals surface area contributed by atoms with Crippen molar-refractivity contribution in [2.75, 3.05) is 13.2 Å². The van der Waals surface area contributed by atoms with Crippen molar-refractivity contribution in [2.24, 2.45) is 0 Å². The van der Waals surface area contributed by atoms with Crippen LogP contribution in [0.15, 0.2) is 0 Å². The number of ether oxygens (including phenoxy) is 1. The van der Waals surface area contributed by atoms with Gasteiger partial charge in [0.05, 0.1) is 17.3 Å². The van der Waals surface area contributed by atoms with Crippen LogP contribution in [0.3, 0.4) is 0 Å². The highest BCUT2D eigenvalue weighted by Crippen LogP contribution is 2.24. The molecule has 0 bridgehead atoms. The summed E-state index contributed by atoms with van der Waals surface area (Å²) in [6.07, 6.45) is 1.13. The van der Waals surface area contributed by atoms with Gasteiger partial charge in [0.25, 0.3) is 0 Å². The fraction of sp³-hybridized carbons (Fsp3) is 0.750. The fourth-order valence-electron chi connectivity index (χ4n) is 1.79. The molecule has 0 aliphatic carbocycles. The van der Waals surface area contributed by atoms with Gasteiger partial charge in [0.2, 0.25) is 0 Å². The lowest BCUT2D eigenvalue weighted by Gasteiger charge is -2.08. The summed E-state index contributed by atoms with van der Waals surface area (Å²) in [5, 5.41) is 4.78. The van der Waals surface area contributed by atoms with E-state index in [0.717, 1.165) is 26.2 Å². The third-order valence-electron chi connectivity index (χ3n) is 2.88. The van der Waals surface area contributed by atoms with Crippen LogP contribution in [0.25, 0.3) is 0 Å². The lowest BCUT2D eigenvalue weighted by atomic mass is 10.2. The van der Waals surface area contributed by atoms with Gasteiger partial charge in [0.15, 0.2) is 0 Å². The maximum atomic E-state index is 5.34. The van der Waals surface area contributed by atoms with Crippen molar-refractivity contribution >= 4 is 11.3 Å². The molecule has 0 unspecified atom stereocenters. The molecule has 3 nitrogen and oxygen atoms in total. The molecule has 4 heteroatoms. The molecule has 1 aromatic rings. The largest absolute Gasteiger partial charge is 0.380 e. The molecule has 1 saturated heterocycles. The van der Waals surface area contributed by atoms with Crippen molar-refractivity contribution in [1.82, 2.24) is 10.3 Å². The number of aromatic nitrogens is 1. The molecular weight excluding hydrogens is 220 g/mol. The molecule has 0 aromatic carbocycles. The van der Waals surface area contributed by atoms with Gasteiger partial charge in [0, 0.05) is 30.0 Å². The second-order valence-corrected chi connectivity index (χ2v) is 5.77. The predicted molar refractivity (Wildman–Crippen MR) is 67.0 cm³/mol. The van der Waals surface area contributed by atoms with Crippen LogP contribution in [-0.4, -0.2) is 24.2 Å². The monoisotopic (exact) mass is 240 g/mol. The minimum atomic E-state index is 0.531. The van der Waals surface area contributed by atoms with Crippen molar-refractivity contribution in [3.05, 3.63) is 15.6 Å². The SMILES string of the molecule is Cc1nc(C(C)C)sc1CN[C@H]1CCOC1. The third kappa shape index (κ3) is 2.81. The van der Waals surface area contributed by atoms with E-state index in [0.29, 0.717) is 12.0 Å². The molecule has 1 aliphatic heterocycles. The minimum Gasteiger partial charge on any atom is -0.380 e. The zero-order chi connectivity index (χ0) is 11.5. The molecule has 0 amide bonds. The Morgan fingerprint density at radius 1 is 1.56 bits per heavy atom. The number of hydrogen-bond donors (Lipinski definition) is 1. The highest BCUT2D eigenvalue weighted by atomic mass is 32.1. The summed E-state index contributed by atoms with van der Waals surface area (Å²) in [5.74, 6) is 0.535. The van der Waals surface area contributed by atoms with Gasteiger partial charge in [0.1, 0.15) is 0 Å². The van der Waals surface area contributed by atoms with Crippen molar-refractivity contribution in [2.45, 2.75) is 45.7 Å². The summed E-state index contributed by atoms with van der Waals surface area (Å²) < 4.78 is 5.34. The van der Waals surface area contributed by atoms with Crippen LogP contribution in [0.4, 0.5) is 0 Å². The molecule has 16 heavy (non-hydrogen) atoms. The number of thiazole rings is 1. The Morgan fingerprint density at radius 3 is 2.94 bits per heavy atom. The Labute approximate surface area is 101 Å². The molecule has 90 valence electrons.